The van der Waals surface area contributed by atoms with Crippen molar-refractivity contribution in [3.8, 4) is 0 Å². The molecule has 0 spiro atoms. The third kappa shape index (κ3) is 4.05. The van der Waals surface area contributed by atoms with Crippen LogP contribution in [0.5, 0.6) is 0 Å². The number of fused-ring (bicyclic) bond motifs is 4. The van der Waals surface area contributed by atoms with E-state index in [1.165, 1.54) is 6.42 Å². The zero-order valence-corrected chi connectivity index (χ0v) is 15.7. The Morgan fingerprint density at radius 3 is 3.00 bits per heavy atom. The number of hydrogen-bond donors (Lipinski definition) is 0. The molecule has 3 aliphatic rings. The Hall–Kier alpha value is -1.43. The number of carbonyl (C=O) groups is 1. The van der Waals surface area contributed by atoms with Gasteiger partial charge in [0.2, 0.25) is 5.91 Å². The standard InChI is InChI=1S/C19H22ClN3OS/c20-16-3-1-2-14(6-16)7-19(24)23-9-15-4-5-18(23)11-22(8-15)10-17-12-25-13-21-17/h1-3,6,12-13,15,18H,4-5,7-11H2/t15-,18+/m1/s1. The molecular formula is C19H22ClN3OS. The molecule has 1 aromatic carbocycles. The van der Waals surface area contributed by atoms with Gasteiger partial charge in [-0.1, -0.05) is 23.7 Å². The fourth-order valence-electron chi connectivity index (χ4n) is 4.08. The van der Waals surface area contributed by atoms with E-state index in [1.54, 1.807) is 11.3 Å². The molecular weight excluding hydrogens is 354 g/mol. The normalized spacial score (nSPS) is 23.6. The molecule has 6 heteroatoms. The summed E-state index contributed by atoms with van der Waals surface area (Å²) in [4.78, 5) is 21.9. The minimum Gasteiger partial charge on any atom is -0.338 e. The molecule has 0 unspecified atom stereocenters. The number of rotatable bonds is 4. The third-order valence-corrected chi connectivity index (χ3v) is 6.09. The monoisotopic (exact) mass is 375 g/mol. The third-order valence-electron chi connectivity index (χ3n) is 5.22. The van der Waals surface area contributed by atoms with E-state index < -0.39 is 0 Å². The number of aromatic nitrogens is 1. The minimum atomic E-state index is 0.229. The van der Waals surface area contributed by atoms with Gasteiger partial charge in [0.1, 0.15) is 0 Å². The van der Waals surface area contributed by atoms with Crippen molar-refractivity contribution >= 4 is 28.8 Å². The first kappa shape index (κ1) is 17.0. The van der Waals surface area contributed by atoms with Crippen molar-refractivity contribution in [1.29, 1.82) is 0 Å². The Bertz CT molecular complexity index is 736. The van der Waals surface area contributed by atoms with Gasteiger partial charge in [0.25, 0.3) is 0 Å². The second-order valence-electron chi connectivity index (χ2n) is 7.12. The van der Waals surface area contributed by atoms with Gasteiger partial charge in [-0.25, -0.2) is 4.98 Å². The number of piperidine rings is 1. The van der Waals surface area contributed by atoms with E-state index in [2.05, 4.69) is 20.2 Å². The Labute approximate surface area is 157 Å². The minimum absolute atomic E-state index is 0.229. The van der Waals surface area contributed by atoms with E-state index in [0.717, 1.165) is 43.9 Å². The number of nitrogens with zero attached hydrogens (tertiary/aromatic N) is 3. The molecule has 5 rings (SSSR count). The maximum atomic E-state index is 12.9. The molecule has 3 fully saturated rings. The van der Waals surface area contributed by atoms with Gasteiger partial charge in [-0.2, -0.15) is 0 Å². The van der Waals surface area contributed by atoms with Gasteiger partial charge < -0.3 is 4.90 Å². The average molecular weight is 376 g/mol. The highest BCUT2D eigenvalue weighted by atomic mass is 35.5. The molecule has 1 amide bonds. The molecule has 4 heterocycles. The number of carbonyl (C=O) groups excluding carboxylic acids is 1. The number of halogens is 1. The largest absolute Gasteiger partial charge is 0.338 e. The van der Waals surface area contributed by atoms with Crippen molar-refractivity contribution in [3.05, 3.63) is 51.4 Å². The first-order chi connectivity index (χ1) is 12.2. The summed E-state index contributed by atoms with van der Waals surface area (Å²) >= 11 is 7.70. The maximum absolute atomic E-state index is 12.9. The van der Waals surface area contributed by atoms with Gasteiger partial charge in [0, 0.05) is 42.6 Å². The predicted molar refractivity (Wildman–Crippen MR) is 101 cm³/mol. The summed E-state index contributed by atoms with van der Waals surface area (Å²) in [5, 5.41) is 2.81. The molecule has 0 radical (unpaired) electrons. The van der Waals surface area contributed by atoms with Crippen LogP contribution in [0, 0.1) is 5.92 Å². The smallest absolute Gasteiger partial charge is 0.227 e. The lowest BCUT2D eigenvalue weighted by Crippen LogP contribution is -2.48. The summed E-state index contributed by atoms with van der Waals surface area (Å²) in [6.45, 7) is 3.80. The maximum Gasteiger partial charge on any atom is 0.227 e. The van der Waals surface area contributed by atoms with Crippen LogP contribution in [0.15, 0.2) is 35.2 Å². The zero-order chi connectivity index (χ0) is 17.2. The lowest BCUT2D eigenvalue weighted by Gasteiger charge is -2.36. The summed E-state index contributed by atoms with van der Waals surface area (Å²) in [6.07, 6.45) is 2.77. The van der Waals surface area contributed by atoms with Gasteiger partial charge in [-0.3, -0.25) is 9.69 Å². The highest BCUT2D eigenvalue weighted by Crippen LogP contribution is 2.29. The number of benzene rings is 1. The summed E-state index contributed by atoms with van der Waals surface area (Å²) < 4.78 is 0. The Morgan fingerprint density at radius 1 is 1.28 bits per heavy atom. The van der Waals surface area contributed by atoms with Crippen molar-refractivity contribution < 1.29 is 4.79 Å². The van der Waals surface area contributed by atoms with E-state index in [-0.39, 0.29) is 5.91 Å². The first-order valence-electron chi connectivity index (χ1n) is 8.80. The lowest BCUT2D eigenvalue weighted by molar-refractivity contribution is -0.134. The highest BCUT2D eigenvalue weighted by molar-refractivity contribution is 7.07. The van der Waals surface area contributed by atoms with E-state index >= 15 is 0 Å². The van der Waals surface area contributed by atoms with Crippen LogP contribution in [-0.2, 0) is 17.8 Å². The van der Waals surface area contributed by atoms with Gasteiger partial charge in [-0.05, 0) is 36.5 Å². The molecule has 25 heavy (non-hydrogen) atoms. The number of amides is 1. The van der Waals surface area contributed by atoms with Crippen LogP contribution >= 0.6 is 22.9 Å². The molecule has 0 N–H and O–H groups in total. The van der Waals surface area contributed by atoms with Crippen molar-refractivity contribution in [2.75, 3.05) is 19.6 Å². The Kier molecular flexibility index (Phi) is 5.06. The lowest BCUT2D eigenvalue weighted by atomic mass is 9.94. The molecule has 4 nitrogen and oxygen atoms in total. The molecule has 0 aliphatic carbocycles. The molecule has 2 aromatic rings. The van der Waals surface area contributed by atoms with Crippen molar-refractivity contribution in [1.82, 2.24) is 14.8 Å². The molecule has 0 saturated carbocycles. The van der Waals surface area contributed by atoms with Gasteiger partial charge in [0.05, 0.1) is 17.6 Å². The molecule has 1 aromatic heterocycles. The van der Waals surface area contributed by atoms with E-state index in [9.17, 15) is 4.79 Å². The SMILES string of the molecule is O=C(Cc1cccc(Cl)c1)N1C[C@@H]2CC[C@H]1CN(Cc1cscn1)C2. The van der Waals surface area contributed by atoms with E-state index in [4.69, 9.17) is 11.6 Å². The first-order valence-corrected chi connectivity index (χ1v) is 10.1. The summed E-state index contributed by atoms with van der Waals surface area (Å²) in [7, 11) is 0. The van der Waals surface area contributed by atoms with Crippen LogP contribution in [0.2, 0.25) is 5.02 Å². The quantitative estimate of drug-likeness (QED) is 0.821. The Balaban J connectivity index is 1.44. The van der Waals surface area contributed by atoms with Crippen molar-refractivity contribution in [3.63, 3.8) is 0 Å². The Morgan fingerprint density at radius 2 is 2.20 bits per heavy atom. The van der Waals surface area contributed by atoms with Gasteiger partial charge >= 0.3 is 0 Å². The van der Waals surface area contributed by atoms with Crippen LogP contribution in [0.1, 0.15) is 24.1 Å². The van der Waals surface area contributed by atoms with Crippen LogP contribution in [-0.4, -0.2) is 46.4 Å². The average Bonchev–Trinajstić information content (AvgIpc) is 2.94. The van der Waals surface area contributed by atoms with Crippen LogP contribution < -0.4 is 0 Å². The molecule has 2 bridgehead atoms. The number of hydrogen-bond acceptors (Lipinski definition) is 4. The molecule has 3 aliphatic heterocycles. The number of thiazole rings is 1. The van der Waals surface area contributed by atoms with E-state index in [0.29, 0.717) is 23.4 Å². The van der Waals surface area contributed by atoms with Crippen molar-refractivity contribution in [2.45, 2.75) is 31.8 Å². The second kappa shape index (κ2) is 7.44. The molecule has 2 atom stereocenters. The van der Waals surface area contributed by atoms with Crippen LogP contribution in [0.3, 0.4) is 0 Å². The summed E-state index contributed by atoms with van der Waals surface area (Å²) in [5.74, 6) is 0.799. The predicted octanol–water partition coefficient (Wildman–Crippen LogP) is 3.46. The zero-order valence-electron chi connectivity index (χ0n) is 14.1. The molecule has 3 saturated heterocycles. The highest BCUT2D eigenvalue weighted by Gasteiger charge is 2.37. The summed E-state index contributed by atoms with van der Waals surface area (Å²) in [5.41, 5.74) is 4.03. The topological polar surface area (TPSA) is 36.4 Å². The van der Waals surface area contributed by atoms with Crippen molar-refractivity contribution in [2.24, 2.45) is 5.92 Å². The summed E-state index contributed by atoms with van der Waals surface area (Å²) in [6, 6.07) is 7.96. The second-order valence-corrected chi connectivity index (χ2v) is 8.28. The van der Waals surface area contributed by atoms with E-state index in [1.807, 2.05) is 29.8 Å². The van der Waals surface area contributed by atoms with Crippen LogP contribution in [0.25, 0.3) is 0 Å². The van der Waals surface area contributed by atoms with Crippen LogP contribution in [0.4, 0.5) is 0 Å². The van der Waals surface area contributed by atoms with Gasteiger partial charge in [0.15, 0.2) is 0 Å². The molecule has 132 valence electrons. The fourth-order valence-corrected chi connectivity index (χ4v) is 4.84. The fraction of sp³-hybridized carbons (Fsp3) is 0.474. The van der Waals surface area contributed by atoms with Gasteiger partial charge in [-0.15, -0.1) is 11.3 Å².